The maximum Gasteiger partial charge on any atom is 0.279 e. The summed E-state index contributed by atoms with van der Waals surface area (Å²) in [5.41, 5.74) is 5.13. The van der Waals surface area contributed by atoms with E-state index in [4.69, 9.17) is 4.74 Å². The van der Waals surface area contributed by atoms with Crippen LogP contribution in [0.4, 0.5) is 8.78 Å². The predicted molar refractivity (Wildman–Crippen MR) is 87.5 cm³/mol. The number of nitrogens with one attached hydrogen (secondary N) is 2. The van der Waals surface area contributed by atoms with Crippen LogP contribution in [0.5, 0.6) is 5.75 Å². The van der Waals surface area contributed by atoms with Gasteiger partial charge in [-0.25, -0.2) is 8.78 Å². The van der Waals surface area contributed by atoms with Crippen LogP contribution in [0, 0.1) is 11.6 Å². The number of hydrogen-bond donors (Lipinski definition) is 2. The molecule has 0 heterocycles. The molecule has 5 nitrogen and oxygen atoms in total. The van der Waals surface area contributed by atoms with Crippen LogP contribution in [0.3, 0.4) is 0 Å². The number of carbonyl (C=O) groups excluding carboxylic acids is 2. The summed E-state index contributed by atoms with van der Waals surface area (Å²) in [5.74, 6) is -2.06. The smallest absolute Gasteiger partial charge is 0.279 e. The lowest BCUT2D eigenvalue weighted by Crippen LogP contribution is -2.47. The molecular formula is C18H18F2N2O3. The Morgan fingerprint density at radius 3 is 2.56 bits per heavy atom. The Balaban J connectivity index is 1.75. The highest BCUT2D eigenvalue weighted by Crippen LogP contribution is 2.16. The normalized spacial score (nSPS) is 11.5. The van der Waals surface area contributed by atoms with E-state index in [0.717, 1.165) is 0 Å². The SMILES string of the molecule is CC(Oc1ccccc1F)C(=O)NNC(=O)CCc1cccc(F)c1. The van der Waals surface area contributed by atoms with Crippen LogP contribution in [0.15, 0.2) is 48.5 Å². The van der Waals surface area contributed by atoms with E-state index >= 15 is 0 Å². The number of hydrazine groups is 1. The van der Waals surface area contributed by atoms with Gasteiger partial charge in [0.1, 0.15) is 5.82 Å². The van der Waals surface area contributed by atoms with Gasteiger partial charge in [0.15, 0.2) is 17.7 Å². The van der Waals surface area contributed by atoms with Crippen molar-refractivity contribution in [2.75, 3.05) is 0 Å². The summed E-state index contributed by atoms with van der Waals surface area (Å²) in [5, 5.41) is 0. The fourth-order valence-electron chi connectivity index (χ4n) is 2.03. The molecule has 132 valence electrons. The minimum atomic E-state index is -1.000. The van der Waals surface area contributed by atoms with Crippen molar-refractivity contribution in [3.05, 3.63) is 65.7 Å². The molecule has 2 rings (SSSR count). The van der Waals surface area contributed by atoms with Gasteiger partial charge in [-0.15, -0.1) is 0 Å². The first-order chi connectivity index (χ1) is 12.0. The van der Waals surface area contributed by atoms with E-state index in [1.54, 1.807) is 18.2 Å². The van der Waals surface area contributed by atoms with Crippen molar-refractivity contribution in [1.82, 2.24) is 10.9 Å². The number of carbonyl (C=O) groups is 2. The number of hydrogen-bond acceptors (Lipinski definition) is 3. The van der Waals surface area contributed by atoms with Gasteiger partial charge in [0, 0.05) is 6.42 Å². The zero-order chi connectivity index (χ0) is 18.2. The molecule has 25 heavy (non-hydrogen) atoms. The molecule has 0 bridgehead atoms. The maximum atomic E-state index is 13.5. The molecule has 1 unspecified atom stereocenters. The summed E-state index contributed by atoms with van der Waals surface area (Å²) in [6, 6.07) is 11.6. The van der Waals surface area contributed by atoms with E-state index < -0.39 is 23.7 Å². The van der Waals surface area contributed by atoms with Crippen LogP contribution >= 0.6 is 0 Å². The molecule has 0 radical (unpaired) electrons. The second-order valence-corrected chi connectivity index (χ2v) is 5.36. The second kappa shape index (κ2) is 8.77. The monoisotopic (exact) mass is 348 g/mol. The fraction of sp³-hybridized carbons (Fsp3) is 0.222. The Morgan fingerprint density at radius 1 is 1.08 bits per heavy atom. The highest BCUT2D eigenvalue weighted by molar-refractivity contribution is 5.84. The van der Waals surface area contributed by atoms with Crippen molar-refractivity contribution >= 4 is 11.8 Å². The van der Waals surface area contributed by atoms with Crippen molar-refractivity contribution < 1.29 is 23.1 Å². The van der Waals surface area contributed by atoms with E-state index in [0.29, 0.717) is 12.0 Å². The number of amides is 2. The molecule has 0 spiro atoms. The van der Waals surface area contributed by atoms with Gasteiger partial charge in [0.05, 0.1) is 0 Å². The average Bonchev–Trinajstić information content (AvgIpc) is 2.59. The minimum absolute atomic E-state index is 0.0532. The predicted octanol–water partition coefficient (Wildman–Crippen LogP) is 2.51. The van der Waals surface area contributed by atoms with Crippen molar-refractivity contribution in [1.29, 1.82) is 0 Å². The topological polar surface area (TPSA) is 67.4 Å². The first-order valence-electron chi connectivity index (χ1n) is 7.70. The summed E-state index contributed by atoms with van der Waals surface area (Å²) >= 11 is 0. The Hall–Kier alpha value is -2.96. The van der Waals surface area contributed by atoms with Crippen molar-refractivity contribution in [2.24, 2.45) is 0 Å². The molecule has 2 aromatic rings. The number of rotatable bonds is 6. The molecular weight excluding hydrogens is 330 g/mol. The number of benzene rings is 2. The van der Waals surface area contributed by atoms with Crippen LogP contribution in [0.1, 0.15) is 18.9 Å². The number of para-hydroxylation sites is 1. The van der Waals surface area contributed by atoms with E-state index in [2.05, 4.69) is 10.9 Å². The molecule has 0 aliphatic heterocycles. The maximum absolute atomic E-state index is 13.5. The van der Waals surface area contributed by atoms with E-state index in [-0.39, 0.29) is 18.0 Å². The lowest BCUT2D eigenvalue weighted by atomic mass is 10.1. The van der Waals surface area contributed by atoms with Gasteiger partial charge < -0.3 is 4.74 Å². The highest BCUT2D eigenvalue weighted by Gasteiger charge is 2.17. The Bertz CT molecular complexity index is 753. The zero-order valence-corrected chi connectivity index (χ0v) is 13.6. The number of aryl methyl sites for hydroxylation is 1. The van der Waals surface area contributed by atoms with Crippen LogP contribution in [-0.2, 0) is 16.0 Å². The fourth-order valence-corrected chi connectivity index (χ4v) is 2.03. The van der Waals surface area contributed by atoms with Crippen LogP contribution in [-0.4, -0.2) is 17.9 Å². The molecule has 7 heteroatoms. The molecule has 1 atom stereocenters. The first-order valence-corrected chi connectivity index (χ1v) is 7.70. The molecule has 0 aliphatic carbocycles. The van der Waals surface area contributed by atoms with Crippen LogP contribution in [0.25, 0.3) is 0 Å². The number of ether oxygens (including phenoxy) is 1. The zero-order valence-electron chi connectivity index (χ0n) is 13.6. The molecule has 0 fully saturated rings. The lowest BCUT2D eigenvalue weighted by molar-refractivity contribution is -0.132. The summed E-state index contributed by atoms with van der Waals surface area (Å²) in [6.07, 6.45) is -0.590. The summed E-state index contributed by atoms with van der Waals surface area (Å²) in [6.45, 7) is 1.43. The van der Waals surface area contributed by atoms with Gasteiger partial charge in [-0.05, 0) is 43.2 Å². The Labute approximate surface area is 144 Å². The third kappa shape index (κ3) is 5.87. The van der Waals surface area contributed by atoms with Gasteiger partial charge in [-0.1, -0.05) is 24.3 Å². The quantitative estimate of drug-likeness (QED) is 0.789. The molecule has 0 saturated heterocycles. The third-order valence-electron chi connectivity index (χ3n) is 3.36. The Kier molecular flexibility index (Phi) is 6.45. The van der Waals surface area contributed by atoms with Gasteiger partial charge in [-0.2, -0.15) is 0 Å². The largest absolute Gasteiger partial charge is 0.478 e. The van der Waals surface area contributed by atoms with Crippen molar-refractivity contribution in [3.8, 4) is 5.75 Å². The molecule has 0 saturated carbocycles. The summed E-state index contributed by atoms with van der Waals surface area (Å²) in [4.78, 5) is 23.6. The minimum Gasteiger partial charge on any atom is -0.478 e. The van der Waals surface area contributed by atoms with E-state index in [1.807, 2.05) is 0 Å². The summed E-state index contributed by atoms with van der Waals surface area (Å²) < 4.78 is 31.7. The van der Waals surface area contributed by atoms with Gasteiger partial charge in [0.25, 0.3) is 5.91 Å². The van der Waals surface area contributed by atoms with Gasteiger partial charge >= 0.3 is 0 Å². The Morgan fingerprint density at radius 2 is 1.84 bits per heavy atom. The second-order valence-electron chi connectivity index (χ2n) is 5.36. The molecule has 2 amide bonds. The van der Waals surface area contributed by atoms with Gasteiger partial charge in [-0.3, -0.25) is 20.4 Å². The van der Waals surface area contributed by atoms with E-state index in [1.165, 1.54) is 37.3 Å². The van der Waals surface area contributed by atoms with Crippen LogP contribution < -0.4 is 15.6 Å². The van der Waals surface area contributed by atoms with E-state index in [9.17, 15) is 18.4 Å². The number of halogens is 2. The highest BCUT2D eigenvalue weighted by atomic mass is 19.1. The molecule has 2 N–H and O–H groups in total. The molecule has 0 aromatic heterocycles. The standard InChI is InChI=1S/C18H18F2N2O3/c1-12(25-16-8-3-2-7-15(16)20)18(24)22-21-17(23)10-9-13-5-4-6-14(19)11-13/h2-8,11-12H,9-10H2,1H3,(H,21,23)(H,22,24). The van der Waals surface area contributed by atoms with Crippen molar-refractivity contribution in [2.45, 2.75) is 25.9 Å². The molecule has 2 aromatic carbocycles. The average molecular weight is 348 g/mol. The van der Waals surface area contributed by atoms with Crippen molar-refractivity contribution in [3.63, 3.8) is 0 Å². The first kappa shape index (κ1) is 18.4. The van der Waals surface area contributed by atoms with Gasteiger partial charge in [0.2, 0.25) is 5.91 Å². The molecule has 0 aliphatic rings. The lowest BCUT2D eigenvalue weighted by Gasteiger charge is -2.15. The summed E-state index contributed by atoms with van der Waals surface area (Å²) in [7, 11) is 0. The third-order valence-corrected chi connectivity index (χ3v) is 3.36. The van der Waals surface area contributed by atoms with Crippen LogP contribution in [0.2, 0.25) is 0 Å².